The number of hydrogen-bond donors (Lipinski definition) is 2. The maximum Gasteiger partial charge on any atom is 0.281 e. The summed E-state index contributed by atoms with van der Waals surface area (Å²) >= 11 is 0. The fourth-order valence-electron chi connectivity index (χ4n) is 1.52. The molecule has 1 aliphatic rings. The van der Waals surface area contributed by atoms with Crippen LogP contribution in [-0.2, 0) is 0 Å². The van der Waals surface area contributed by atoms with E-state index in [4.69, 9.17) is 15.2 Å². The Morgan fingerprint density at radius 3 is 2.89 bits per heavy atom. The molecule has 1 aliphatic heterocycles. The van der Waals surface area contributed by atoms with Crippen LogP contribution in [0.4, 0.5) is 11.5 Å². The van der Waals surface area contributed by atoms with Crippen molar-refractivity contribution in [3.05, 3.63) is 23.9 Å². The van der Waals surface area contributed by atoms with Crippen molar-refractivity contribution in [3.63, 3.8) is 0 Å². The van der Waals surface area contributed by atoms with Gasteiger partial charge in [-0.25, -0.2) is 4.63 Å². The van der Waals surface area contributed by atoms with Gasteiger partial charge >= 0.3 is 0 Å². The second-order valence-corrected chi connectivity index (χ2v) is 3.52. The Labute approximate surface area is 101 Å². The van der Waals surface area contributed by atoms with Crippen molar-refractivity contribution in [2.45, 2.75) is 0 Å². The van der Waals surface area contributed by atoms with Crippen LogP contribution in [0.1, 0.15) is 10.5 Å². The number of amides is 1. The maximum absolute atomic E-state index is 11.8. The van der Waals surface area contributed by atoms with Crippen molar-refractivity contribution in [1.82, 2.24) is 10.3 Å². The van der Waals surface area contributed by atoms with Gasteiger partial charge in [0.1, 0.15) is 0 Å². The van der Waals surface area contributed by atoms with Gasteiger partial charge < -0.3 is 20.5 Å². The van der Waals surface area contributed by atoms with E-state index < -0.39 is 5.91 Å². The highest BCUT2D eigenvalue weighted by Crippen LogP contribution is 2.34. The lowest BCUT2D eigenvalue weighted by molar-refractivity contribution is 0.101. The molecule has 2 aromatic rings. The van der Waals surface area contributed by atoms with Crippen LogP contribution in [0.25, 0.3) is 0 Å². The van der Waals surface area contributed by atoms with Gasteiger partial charge in [0.15, 0.2) is 11.5 Å². The van der Waals surface area contributed by atoms with E-state index in [9.17, 15) is 4.79 Å². The Hall–Kier alpha value is -2.77. The van der Waals surface area contributed by atoms with E-state index >= 15 is 0 Å². The summed E-state index contributed by atoms with van der Waals surface area (Å²) in [4.78, 5) is 11.8. The molecule has 0 spiro atoms. The normalized spacial score (nSPS) is 12.4. The minimum atomic E-state index is -0.507. The zero-order valence-corrected chi connectivity index (χ0v) is 9.04. The summed E-state index contributed by atoms with van der Waals surface area (Å²) in [5.74, 6) is 0.635. The number of benzene rings is 1. The molecule has 0 aliphatic carbocycles. The summed E-state index contributed by atoms with van der Waals surface area (Å²) in [5.41, 5.74) is 5.88. The number of anilines is 2. The standard InChI is InChI=1S/C10H8N4O4/c11-9-8(13-18-14-9)10(15)12-5-1-2-6-7(3-5)17-4-16-6/h1-3H,4H2,(H2,11,14)(H,12,15). The van der Waals surface area contributed by atoms with Crippen LogP contribution in [0.5, 0.6) is 11.5 Å². The van der Waals surface area contributed by atoms with E-state index in [1.54, 1.807) is 18.2 Å². The number of carbonyl (C=O) groups is 1. The third kappa shape index (κ3) is 1.69. The van der Waals surface area contributed by atoms with Crippen LogP contribution in [-0.4, -0.2) is 23.0 Å². The molecule has 0 radical (unpaired) electrons. The van der Waals surface area contributed by atoms with Crippen LogP contribution in [0, 0.1) is 0 Å². The summed E-state index contributed by atoms with van der Waals surface area (Å²) in [6.07, 6.45) is 0. The van der Waals surface area contributed by atoms with Crippen molar-refractivity contribution >= 4 is 17.4 Å². The van der Waals surface area contributed by atoms with E-state index in [1.807, 2.05) is 0 Å². The first-order valence-corrected chi connectivity index (χ1v) is 5.03. The van der Waals surface area contributed by atoms with Crippen LogP contribution in [0.3, 0.4) is 0 Å². The van der Waals surface area contributed by atoms with E-state index in [0.29, 0.717) is 17.2 Å². The monoisotopic (exact) mass is 248 g/mol. The SMILES string of the molecule is Nc1nonc1C(=O)Nc1ccc2c(c1)OCO2. The molecule has 92 valence electrons. The fourth-order valence-corrected chi connectivity index (χ4v) is 1.52. The molecular weight excluding hydrogens is 240 g/mol. The molecule has 8 nitrogen and oxygen atoms in total. The van der Waals surface area contributed by atoms with Crippen LogP contribution >= 0.6 is 0 Å². The molecule has 1 aromatic carbocycles. The second kappa shape index (κ2) is 3.91. The third-order valence-electron chi connectivity index (χ3n) is 2.36. The first-order chi connectivity index (χ1) is 8.74. The van der Waals surface area contributed by atoms with Gasteiger partial charge in [-0.2, -0.15) is 0 Å². The summed E-state index contributed by atoms with van der Waals surface area (Å²) in [5, 5.41) is 9.33. The number of aromatic nitrogens is 2. The smallest absolute Gasteiger partial charge is 0.281 e. The number of fused-ring (bicyclic) bond motifs is 1. The summed E-state index contributed by atoms with van der Waals surface area (Å²) in [6.45, 7) is 0.173. The van der Waals surface area contributed by atoms with Gasteiger partial charge in [-0.3, -0.25) is 4.79 Å². The molecule has 18 heavy (non-hydrogen) atoms. The topological polar surface area (TPSA) is 112 Å². The predicted molar refractivity (Wildman–Crippen MR) is 59.2 cm³/mol. The molecule has 1 amide bonds. The lowest BCUT2D eigenvalue weighted by Crippen LogP contribution is -2.14. The van der Waals surface area contributed by atoms with Crippen molar-refractivity contribution in [3.8, 4) is 11.5 Å². The van der Waals surface area contributed by atoms with E-state index in [2.05, 4.69) is 20.3 Å². The zero-order valence-electron chi connectivity index (χ0n) is 9.04. The van der Waals surface area contributed by atoms with Crippen molar-refractivity contribution < 1.29 is 18.9 Å². The molecule has 3 rings (SSSR count). The zero-order chi connectivity index (χ0) is 12.5. The molecule has 0 saturated carbocycles. The lowest BCUT2D eigenvalue weighted by Gasteiger charge is -2.03. The fraction of sp³-hybridized carbons (Fsp3) is 0.100. The second-order valence-electron chi connectivity index (χ2n) is 3.52. The molecule has 0 bridgehead atoms. The molecule has 1 aromatic heterocycles. The molecule has 0 fully saturated rings. The number of nitrogen functional groups attached to an aromatic ring is 1. The highest BCUT2D eigenvalue weighted by Gasteiger charge is 2.18. The number of nitrogens with two attached hydrogens (primary N) is 1. The number of hydrogen-bond acceptors (Lipinski definition) is 7. The van der Waals surface area contributed by atoms with E-state index in [-0.39, 0.29) is 18.3 Å². The van der Waals surface area contributed by atoms with Crippen molar-refractivity contribution in [2.24, 2.45) is 0 Å². The first kappa shape index (κ1) is 10.4. The number of ether oxygens (including phenoxy) is 2. The number of carbonyl (C=O) groups excluding carboxylic acids is 1. The first-order valence-electron chi connectivity index (χ1n) is 5.03. The summed E-state index contributed by atoms with van der Waals surface area (Å²) < 4.78 is 14.7. The Morgan fingerprint density at radius 2 is 2.11 bits per heavy atom. The Kier molecular flexibility index (Phi) is 2.26. The van der Waals surface area contributed by atoms with Gasteiger partial charge in [-0.1, -0.05) is 0 Å². The van der Waals surface area contributed by atoms with Gasteiger partial charge in [0.2, 0.25) is 18.3 Å². The van der Waals surface area contributed by atoms with E-state index in [0.717, 1.165) is 0 Å². The Balaban J connectivity index is 1.81. The van der Waals surface area contributed by atoms with Crippen molar-refractivity contribution in [1.29, 1.82) is 0 Å². The molecule has 0 atom stereocenters. The molecule has 2 heterocycles. The average molecular weight is 248 g/mol. The number of nitrogens with one attached hydrogen (secondary N) is 1. The van der Waals surface area contributed by atoms with Gasteiger partial charge in [-0.05, 0) is 22.4 Å². The van der Waals surface area contributed by atoms with Crippen LogP contribution in [0.2, 0.25) is 0 Å². The molecule has 0 unspecified atom stereocenters. The highest BCUT2D eigenvalue weighted by atomic mass is 16.7. The van der Waals surface area contributed by atoms with E-state index in [1.165, 1.54) is 0 Å². The Bertz CT molecular complexity index is 610. The van der Waals surface area contributed by atoms with Gasteiger partial charge in [0.05, 0.1) is 0 Å². The minimum absolute atomic E-state index is 0.0618. The van der Waals surface area contributed by atoms with Gasteiger partial charge in [0, 0.05) is 11.8 Å². The van der Waals surface area contributed by atoms with Crippen LogP contribution < -0.4 is 20.5 Å². The molecular formula is C10H8N4O4. The van der Waals surface area contributed by atoms with Gasteiger partial charge in [-0.15, -0.1) is 0 Å². The third-order valence-corrected chi connectivity index (χ3v) is 2.36. The number of nitrogens with zero attached hydrogens (tertiary/aromatic N) is 2. The quantitative estimate of drug-likeness (QED) is 0.801. The van der Waals surface area contributed by atoms with Crippen molar-refractivity contribution in [2.75, 3.05) is 17.8 Å². The largest absolute Gasteiger partial charge is 0.454 e. The molecule has 8 heteroatoms. The predicted octanol–water partition coefficient (Wildman–Crippen LogP) is 0.633. The molecule has 3 N–H and O–H groups in total. The minimum Gasteiger partial charge on any atom is -0.454 e. The Morgan fingerprint density at radius 1 is 1.28 bits per heavy atom. The maximum atomic E-state index is 11.8. The lowest BCUT2D eigenvalue weighted by atomic mass is 10.2. The highest BCUT2D eigenvalue weighted by molar-refractivity contribution is 6.05. The van der Waals surface area contributed by atoms with Gasteiger partial charge in [0.25, 0.3) is 5.91 Å². The molecule has 0 saturated heterocycles. The summed E-state index contributed by atoms with van der Waals surface area (Å²) in [7, 11) is 0. The van der Waals surface area contributed by atoms with Crippen LogP contribution in [0.15, 0.2) is 22.8 Å². The number of rotatable bonds is 2. The average Bonchev–Trinajstić information content (AvgIpc) is 2.96. The summed E-state index contributed by atoms with van der Waals surface area (Å²) in [6, 6.07) is 5.02.